The molecular formula is C21H20ClN3O4. The highest BCUT2D eigenvalue weighted by atomic mass is 35.5. The average Bonchev–Trinajstić information content (AvgIpc) is 3.03. The number of benzene rings is 2. The van der Waals surface area contributed by atoms with E-state index in [0.29, 0.717) is 16.3 Å². The topological polar surface area (TPSA) is 104 Å². The number of carboxylic acid groups (broad SMARTS) is 1. The number of carboxylic acids is 1. The molecule has 0 radical (unpaired) electrons. The molecule has 7 nitrogen and oxygen atoms in total. The Morgan fingerprint density at radius 1 is 1.17 bits per heavy atom. The number of aliphatic carboxylic acids is 1. The summed E-state index contributed by atoms with van der Waals surface area (Å²) in [5.74, 6) is -1.62. The van der Waals surface area contributed by atoms with Crippen LogP contribution >= 0.6 is 11.6 Å². The summed E-state index contributed by atoms with van der Waals surface area (Å²) >= 11 is 5.96. The summed E-state index contributed by atoms with van der Waals surface area (Å²) < 4.78 is 1.20. The molecule has 2 aromatic carbocycles. The molecule has 1 amide bonds. The third kappa shape index (κ3) is 4.75. The van der Waals surface area contributed by atoms with E-state index in [0.717, 1.165) is 17.2 Å². The lowest BCUT2D eigenvalue weighted by Gasteiger charge is -2.19. The van der Waals surface area contributed by atoms with Crippen molar-refractivity contribution in [3.05, 3.63) is 86.3 Å². The maximum absolute atomic E-state index is 12.7. The van der Waals surface area contributed by atoms with Gasteiger partial charge in [-0.15, -0.1) is 0 Å². The molecule has 1 aromatic heterocycles. The predicted octanol–water partition coefficient (Wildman–Crippen LogP) is 3.38. The number of aryl methyl sites for hydroxylation is 2. The fourth-order valence-corrected chi connectivity index (χ4v) is 3.37. The number of carbonyl (C=O) groups is 2. The van der Waals surface area contributed by atoms with E-state index in [9.17, 15) is 19.5 Å². The van der Waals surface area contributed by atoms with Gasteiger partial charge in [-0.3, -0.25) is 19.5 Å². The number of aromatic amines is 1. The number of amides is 1. The van der Waals surface area contributed by atoms with Crippen LogP contribution in [0.3, 0.4) is 0 Å². The number of hydrogen-bond acceptors (Lipinski definition) is 3. The van der Waals surface area contributed by atoms with Crippen molar-refractivity contribution in [2.45, 2.75) is 26.3 Å². The predicted molar refractivity (Wildman–Crippen MR) is 110 cm³/mol. The Morgan fingerprint density at radius 2 is 1.93 bits per heavy atom. The highest BCUT2D eigenvalue weighted by Gasteiger charge is 2.22. The number of nitrogens with zero attached hydrogens (tertiary/aromatic N) is 1. The van der Waals surface area contributed by atoms with Crippen molar-refractivity contribution in [3.8, 4) is 5.69 Å². The number of hydrogen-bond donors (Lipinski definition) is 3. The highest BCUT2D eigenvalue weighted by molar-refractivity contribution is 6.30. The number of nitrogens with one attached hydrogen (secondary N) is 2. The molecular weight excluding hydrogens is 394 g/mol. The largest absolute Gasteiger partial charge is 0.481 e. The summed E-state index contributed by atoms with van der Waals surface area (Å²) in [6.45, 7) is 3.80. The van der Waals surface area contributed by atoms with E-state index in [-0.39, 0.29) is 12.1 Å². The maximum Gasteiger partial charge on any atom is 0.305 e. The van der Waals surface area contributed by atoms with Crippen molar-refractivity contribution in [2.75, 3.05) is 0 Å². The lowest BCUT2D eigenvalue weighted by atomic mass is 9.97. The lowest BCUT2D eigenvalue weighted by molar-refractivity contribution is -0.137. The fraction of sp³-hybridized carbons (Fsp3) is 0.190. The second-order valence-corrected chi connectivity index (χ2v) is 7.24. The highest BCUT2D eigenvalue weighted by Crippen LogP contribution is 2.22. The first-order valence-corrected chi connectivity index (χ1v) is 9.30. The normalized spacial score (nSPS) is 11.8. The minimum Gasteiger partial charge on any atom is -0.481 e. The Balaban J connectivity index is 1.89. The van der Waals surface area contributed by atoms with Gasteiger partial charge in [-0.25, -0.2) is 4.68 Å². The zero-order valence-electron chi connectivity index (χ0n) is 15.9. The fourth-order valence-electron chi connectivity index (χ4n) is 3.19. The molecule has 1 atom stereocenters. The van der Waals surface area contributed by atoms with Gasteiger partial charge in [0.1, 0.15) is 5.69 Å². The van der Waals surface area contributed by atoms with E-state index in [1.807, 2.05) is 26.0 Å². The first kappa shape index (κ1) is 20.4. The van der Waals surface area contributed by atoms with Gasteiger partial charge < -0.3 is 10.4 Å². The molecule has 3 aromatic rings. The van der Waals surface area contributed by atoms with Gasteiger partial charge >= 0.3 is 5.97 Å². The van der Waals surface area contributed by atoms with Crippen molar-refractivity contribution < 1.29 is 14.7 Å². The van der Waals surface area contributed by atoms with Crippen LogP contribution in [0.15, 0.2) is 53.3 Å². The van der Waals surface area contributed by atoms with Crippen molar-refractivity contribution in [1.82, 2.24) is 15.1 Å². The van der Waals surface area contributed by atoms with E-state index in [1.165, 1.54) is 4.68 Å². The summed E-state index contributed by atoms with van der Waals surface area (Å²) in [5, 5.41) is 15.2. The molecule has 8 heteroatoms. The maximum atomic E-state index is 12.7. The van der Waals surface area contributed by atoms with Crippen LogP contribution < -0.4 is 10.9 Å². The molecule has 0 aliphatic heterocycles. The molecule has 150 valence electrons. The minimum absolute atomic E-state index is 0.0233. The number of carbonyl (C=O) groups excluding carboxylic acids is 1. The van der Waals surface area contributed by atoms with Gasteiger partial charge in [-0.2, -0.15) is 0 Å². The molecule has 0 saturated heterocycles. The number of halogens is 1. The summed E-state index contributed by atoms with van der Waals surface area (Å²) in [7, 11) is 0. The van der Waals surface area contributed by atoms with Gasteiger partial charge in [-0.05, 0) is 43.2 Å². The third-order valence-corrected chi connectivity index (χ3v) is 4.75. The standard InChI is InChI=1S/C21H20ClN3O4/c1-12-6-7-16(13(2)8-12)17(11-20(27)28)23-21(29)18-10-19(26)25(24-18)15-5-3-4-14(22)9-15/h3-10,17,24H,11H2,1-2H3,(H,23,29)(H,27,28). The molecule has 0 aliphatic carbocycles. The molecule has 0 spiro atoms. The Labute approximate surface area is 171 Å². The molecule has 3 rings (SSSR count). The third-order valence-electron chi connectivity index (χ3n) is 4.52. The van der Waals surface area contributed by atoms with Crippen molar-refractivity contribution in [2.24, 2.45) is 0 Å². The molecule has 0 bridgehead atoms. The van der Waals surface area contributed by atoms with Crippen LogP contribution in [0.25, 0.3) is 5.69 Å². The Kier molecular flexibility index (Phi) is 5.89. The first-order valence-electron chi connectivity index (χ1n) is 8.92. The van der Waals surface area contributed by atoms with Crippen LogP contribution in [0, 0.1) is 13.8 Å². The van der Waals surface area contributed by atoms with Crippen LogP contribution in [0.4, 0.5) is 0 Å². The minimum atomic E-state index is -1.04. The SMILES string of the molecule is Cc1ccc(C(CC(=O)O)NC(=O)c2cc(=O)n(-c3cccc(Cl)c3)[nH]2)c(C)c1. The Bertz CT molecular complexity index is 1130. The van der Waals surface area contributed by atoms with E-state index in [2.05, 4.69) is 10.4 Å². The zero-order chi connectivity index (χ0) is 21.1. The van der Waals surface area contributed by atoms with Gasteiger partial charge in [0.2, 0.25) is 0 Å². The molecule has 1 unspecified atom stereocenters. The van der Waals surface area contributed by atoms with Crippen LogP contribution in [0.5, 0.6) is 0 Å². The molecule has 29 heavy (non-hydrogen) atoms. The van der Waals surface area contributed by atoms with Crippen molar-refractivity contribution in [1.29, 1.82) is 0 Å². The van der Waals surface area contributed by atoms with Gasteiger partial charge in [0.05, 0.1) is 18.2 Å². The summed E-state index contributed by atoms with van der Waals surface area (Å²) in [5.41, 5.74) is 2.70. The number of H-pyrrole nitrogens is 1. The van der Waals surface area contributed by atoms with Crippen molar-refractivity contribution in [3.63, 3.8) is 0 Å². The summed E-state index contributed by atoms with van der Waals surface area (Å²) in [4.78, 5) is 36.4. The molecule has 1 heterocycles. The monoisotopic (exact) mass is 413 g/mol. The van der Waals surface area contributed by atoms with E-state index in [4.69, 9.17) is 11.6 Å². The van der Waals surface area contributed by atoms with Crippen LogP contribution in [-0.4, -0.2) is 26.8 Å². The van der Waals surface area contributed by atoms with Crippen LogP contribution in [0.1, 0.15) is 39.6 Å². The van der Waals surface area contributed by atoms with Crippen LogP contribution in [-0.2, 0) is 4.79 Å². The second-order valence-electron chi connectivity index (χ2n) is 6.81. The molecule has 0 aliphatic rings. The van der Waals surface area contributed by atoms with Crippen molar-refractivity contribution >= 4 is 23.5 Å². The second kappa shape index (κ2) is 8.36. The smallest absolute Gasteiger partial charge is 0.305 e. The Hall–Kier alpha value is -3.32. The zero-order valence-corrected chi connectivity index (χ0v) is 16.7. The van der Waals surface area contributed by atoms with E-state index in [1.54, 1.807) is 30.3 Å². The summed E-state index contributed by atoms with van der Waals surface area (Å²) in [6, 6.07) is 12.6. The number of rotatable bonds is 6. The molecule has 3 N–H and O–H groups in total. The molecule has 0 fully saturated rings. The number of aromatic nitrogens is 2. The average molecular weight is 414 g/mol. The van der Waals surface area contributed by atoms with Crippen LogP contribution in [0.2, 0.25) is 5.02 Å². The van der Waals surface area contributed by atoms with Gasteiger partial charge in [0.15, 0.2) is 0 Å². The van der Waals surface area contributed by atoms with Gasteiger partial charge in [0.25, 0.3) is 11.5 Å². The lowest BCUT2D eigenvalue weighted by Crippen LogP contribution is -2.31. The quantitative estimate of drug-likeness (QED) is 0.576. The van der Waals surface area contributed by atoms with Gasteiger partial charge in [0, 0.05) is 11.1 Å². The Morgan fingerprint density at radius 3 is 2.59 bits per heavy atom. The van der Waals surface area contributed by atoms with E-state index < -0.39 is 23.5 Å². The summed E-state index contributed by atoms with van der Waals surface area (Å²) in [6.07, 6.45) is -0.283. The molecule has 0 saturated carbocycles. The van der Waals surface area contributed by atoms with Gasteiger partial charge in [-0.1, -0.05) is 41.4 Å². The van der Waals surface area contributed by atoms with E-state index >= 15 is 0 Å². The first-order chi connectivity index (χ1) is 13.7.